The molecule has 1 aromatic carbocycles. The van der Waals surface area contributed by atoms with Gasteiger partial charge in [-0.15, -0.1) is 0 Å². The Morgan fingerprint density at radius 1 is 1.00 bits per heavy atom. The highest BCUT2D eigenvalue weighted by Crippen LogP contribution is 2.16. The molecule has 0 aliphatic heterocycles. The van der Waals surface area contributed by atoms with Gasteiger partial charge in [0.25, 0.3) is 0 Å². The van der Waals surface area contributed by atoms with Gasteiger partial charge >= 0.3 is 10.0 Å². The second-order valence-electron chi connectivity index (χ2n) is 3.68. The monoisotopic (exact) mass is 200 g/mol. The summed E-state index contributed by atoms with van der Waals surface area (Å²) >= 11 is 0. The summed E-state index contributed by atoms with van der Waals surface area (Å²) in [6.45, 7) is 0. The SMILES string of the molecule is C[N+](C)(C)S(=O)(=O)c1ccccc1. The maximum Gasteiger partial charge on any atom is 0.326 e. The van der Waals surface area contributed by atoms with E-state index in [9.17, 15) is 8.42 Å². The molecule has 0 aliphatic carbocycles. The number of rotatable bonds is 2. The van der Waals surface area contributed by atoms with E-state index in [1.54, 1.807) is 51.5 Å². The minimum absolute atomic E-state index is 0.0863. The van der Waals surface area contributed by atoms with Crippen molar-refractivity contribution in [1.29, 1.82) is 0 Å². The van der Waals surface area contributed by atoms with Gasteiger partial charge in [-0.3, -0.25) is 0 Å². The molecule has 0 radical (unpaired) electrons. The highest BCUT2D eigenvalue weighted by molar-refractivity contribution is 7.85. The van der Waals surface area contributed by atoms with E-state index in [1.807, 2.05) is 0 Å². The van der Waals surface area contributed by atoms with Crippen LogP contribution in [0.1, 0.15) is 0 Å². The van der Waals surface area contributed by atoms with Crippen molar-refractivity contribution in [3.63, 3.8) is 0 Å². The third-order valence-electron chi connectivity index (χ3n) is 1.76. The van der Waals surface area contributed by atoms with Crippen molar-refractivity contribution in [2.75, 3.05) is 21.1 Å². The highest BCUT2D eigenvalue weighted by atomic mass is 32.2. The Labute approximate surface area is 79.3 Å². The molecule has 0 amide bonds. The molecule has 13 heavy (non-hydrogen) atoms. The lowest BCUT2D eigenvalue weighted by molar-refractivity contribution is -0.739. The van der Waals surface area contributed by atoms with Crippen molar-refractivity contribution in [2.24, 2.45) is 0 Å². The summed E-state index contributed by atoms with van der Waals surface area (Å²) < 4.78 is 23.6. The van der Waals surface area contributed by atoms with Gasteiger partial charge in [-0.1, -0.05) is 18.2 Å². The molecule has 1 rings (SSSR count). The molecule has 0 aromatic heterocycles. The van der Waals surface area contributed by atoms with Crippen LogP contribution in [-0.2, 0) is 10.0 Å². The molecular formula is C9H14NO2S+. The fourth-order valence-electron chi connectivity index (χ4n) is 0.909. The van der Waals surface area contributed by atoms with Crippen LogP contribution < -0.4 is 0 Å². The van der Waals surface area contributed by atoms with Crippen LogP contribution in [0.3, 0.4) is 0 Å². The minimum atomic E-state index is -3.24. The van der Waals surface area contributed by atoms with Gasteiger partial charge in [-0.25, -0.2) is 3.89 Å². The number of hydrogen-bond donors (Lipinski definition) is 0. The van der Waals surface area contributed by atoms with Gasteiger partial charge in [0, 0.05) is 0 Å². The van der Waals surface area contributed by atoms with Crippen LogP contribution in [0.25, 0.3) is 0 Å². The Morgan fingerprint density at radius 2 is 1.46 bits per heavy atom. The third-order valence-corrected chi connectivity index (χ3v) is 4.07. The Hall–Kier alpha value is -0.870. The van der Waals surface area contributed by atoms with E-state index in [0.717, 1.165) is 0 Å². The molecule has 0 saturated heterocycles. The first-order valence-electron chi connectivity index (χ1n) is 3.97. The predicted molar refractivity (Wildman–Crippen MR) is 51.7 cm³/mol. The van der Waals surface area contributed by atoms with Crippen molar-refractivity contribution in [3.8, 4) is 0 Å². The molecule has 0 bridgehead atoms. The molecule has 3 nitrogen and oxygen atoms in total. The van der Waals surface area contributed by atoms with E-state index >= 15 is 0 Å². The Balaban J connectivity index is 3.26. The van der Waals surface area contributed by atoms with Crippen molar-refractivity contribution in [1.82, 2.24) is 0 Å². The molecule has 0 spiro atoms. The molecule has 0 aliphatic rings. The normalized spacial score (nSPS) is 12.8. The van der Waals surface area contributed by atoms with Crippen molar-refractivity contribution < 1.29 is 12.3 Å². The van der Waals surface area contributed by atoms with Crippen LogP contribution in [0.2, 0.25) is 0 Å². The van der Waals surface area contributed by atoms with Crippen LogP contribution >= 0.6 is 0 Å². The summed E-state index contributed by atoms with van der Waals surface area (Å²) in [7, 11) is 1.68. The van der Waals surface area contributed by atoms with E-state index < -0.39 is 10.0 Å². The maximum atomic E-state index is 11.8. The number of nitrogens with zero attached hydrogens (tertiary/aromatic N) is 1. The first kappa shape index (κ1) is 10.2. The van der Waals surface area contributed by atoms with Gasteiger partial charge in [0.15, 0.2) is 0 Å². The molecule has 72 valence electrons. The Kier molecular flexibility index (Phi) is 2.45. The lowest BCUT2D eigenvalue weighted by Crippen LogP contribution is -2.40. The predicted octanol–water partition coefficient (Wildman–Crippen LogP) is 1.08. The fraction of sp³-hybridized carbons (Fsp3) is 0.333. The average molecular weight is 200 g/mol. The lowest BCUT2D eigenvalue weighted by atomic mass is 10.4. The number of hydrogen-bond acceptors (Lipinski definition) is 2. The van der Waals surface area contributed by atoms with Gasteiger partial charge in [-0.2, -0.15) is 8.42 Å². The number of benzene rings is 1. The summed E-state index contributed by atoms with van der Waals surface area (Å²) in [5.41, 5.74) is 0. The molecule has 4 heteroatoms. The van der Waals surface area contributed by atoms with Gasteiger partial charge in [-0.05, 0) is 12.1 Å². The molecular weight excluding hydrogens is 186 g/mol. The summed E-state index contributed by atoms with van der Waals surface area (Å²) in [5.74, 6) is 0. The average Bonchev–Trinajstić information content (AvgIpc) is 2.04. The zero-order valence-electron chi connectivity index (χ0n) is 8.06. The number of sulfonamides is 1. The highest BCUT2D eigenvalue weighted by Gasteiger charge is 2.29. The van der Waals surface area contributed by atoms with E-state index in [1.165, 1.54) is 0 Å². The van der Waals surface area contributed by atoms with Gasteiger partial charge < -0.3 is 0 Å². The molecule has 1 aromatic rings. The smallest absolute Gasteiger partial charge is 0.222 e. The van der Waals surface area contributed by atoms with Crippen molar-refractivity contribution in [2.45, 2.75) is 4.90 Å². The summed E-state index contributed by atoms with van der Waals surface area (Å²) in [6, 6.07) is 8.47. The van der Waals surface area contributed by atoms with Crippen LogP contribution in [0.15, 0.2) is 35.2 Å². The van der Waals surface area contributed by atoms with E-state index in [-0.39, 0.29) is 3.89 Å². The van der Waals surface area contributed by atoms with E-state index in [4.69, 9.17) is 0 Å². The molecule has 0 saturated carbocycles. The van der Waals surface area contributed by atoms with Crippen LogP contribution in [0.4, 0.5) is 0 Å². The first-order chi connectivity index (χ1) is 5.86. The molecule has 0 atom stereocenters. The fourth-order valence-corrected chi connectivity index (χ4v) is 2.04. The second-order valence-corrected chi connectivity index (χ2v) is 6.19. The first-order valence-corrected chi connectivity index (χ1v) is 5.41. The van der Waals surface area contributed by atoms with Crippen molar-refractivity contribution >= 4 is 10.0 Å². The summed E-state index contributed by atoms with van der Waals surface area (Å²) in [6.07, 6.45) is 0. The van der Waals surface area contributed by atoms with E-state index in [2.05, 4.69) is 0 Å². The van der Waals surface area contributed by atoms with Gasteiger partial charge in [0.05, 0.1) is 21.1 Å². The van der Waals surface area contributed by atoms with Crippen LogP contribution in [-0.4, -0.2) is 33.4 Å². The van der Waals surface area contributed by atoms with E-state index in [0.29, 0.717) is 4.90 Å². The van der Waals surface area contributed by atoms with Crippen LogP contribution in [0.5, 0.6) is 0 Å². The maximum absolute atomic E-state index is 11.8. The van der Waals surface area contributed by atoms with Crippen molar-refractivity contribution in [3.05, 3.63) is 30.3 Å². The molecule has 0 fully saturated rings. The lowest BCUT2D eigenvalue weighted by Gasteiger charge is -2.22. The third kappa shape index (κ3) is 1.89. The molecule has 0 unspecified atom stereocenters. The molecule has 0 N–H and O–H groups in total. The zero-order valence-corrected chi connectivity index (χ0v) is 8.88. The van der Waals surface area contributed by atoms with Gasteiger partial charge in [0.2, 0.25) is 0 Å². The molecule has 0 heterocycles. The number of quaternary nitrogens is 1. The minimum Gasteiger partial charge on any atom is -0.222 e. The topological polar surface area (TPSA) is 34.1 Å². The Morgan fingerprint density at radius 3 is 1.85 bits per heavy atom. The Bertz CT molecular complexity index is 376. The van der Waals surface area contributed by atoms with Gasteiger partial charge in [0.1, 0.15) is 4.90 Å². The zero-order chi connectivity index (χ0) is 10.1. The second kappa shape index (κ2) is 3.12. The summed E-state index contributed by atoms with van der Waals surface area (Å²) in [5, 5.41) is 0. The van der Waals surface area contributed by atoms with Crippen LogP contribution in [0, 0.1) is 0 Å². The largest absolute Gasteiger partial charge is 0.326 e. The standard InChI is InChI=1S/C9H14NO2S/c1-10(2,3)13(11,12)9-7-5-4-6-8-9/h4-8H,1-3H3/q+1. The summed E-state index contributed by atoms with van der Waals surface area (Å²) in [4.78, 5) is 0.363. The quantitative estimate of drug-likeness (QED) is 0.669.